The largest absolute Gasteiger partial charge is 0.317 e. The van der Waals surface area contributed by atoms with E-state index in [4.69, 9.17) is 4.98 Å². The Morgan fingerprint density at radius 1 is 1.23 bits per heavy atom. The van der Waals surface area contributed by atoms with Gasteiger partial charge in [-0.3, -0.25) is 9.78 Å². The van der Waals surface area contributed by atoms with Gasteiger partial charge in [-0.25, -0.2) is 4.98 Å². The molecule has 5 nitrogen and oxygen atoms in total. The number of carbonyl (C=O) groups is 1. The second-order valence-electron chi connectivity index (χ2n) is 8.11. The number of hydrogen-bond acceptors (Lipinski definition) is 6. The van der Waals surface area contributed by atoms with Crippen molar-refractivity contribution in [2.45, 2.75) is 58.9 Å². The summed E-state index contributed by atoms with van der Waals surface area (Å²) in [7, 11) is 0. The van der Waals surface area contributed by atoms with Gasteiger partial charge in [-0.05, 0) is 49.8 Å². The summed E-state index contributed by atoms with van der Waals surface area (Å²) in [5.74, 6) is 0.0580. The van der Waals surface area contributed by atoms with E-state index in [1.807, 2.05) is 19.3 Å². The monoisotopic (exact) mass is 440 g/mol. The molecule has 7 heteroatoms. The van der Waals surface area contributed by atoms with Crippen LogP contribution in [0.15, 0.2) is 23.8 Å². The van der Waals surface area contributed by atoms with Gasteiger partial charge in [-0.2, -0.15) is 0 Å². The standard InChI is InChI=1S/C23H28N4OS2/c1-14(2)25-9-8-20(28)27-23-21(17-6-4-5-7-19(17)30-23)22-26-18(13-29-22)16-10-15(3)11-24-12-16/h10-14,25H,4-9H2,1-3H3,(H,27,28). The Morgan fingerprint density at radius 3 is 2.87 bits per heavy atom. The highest BCUT2D eigenvalue weighted by molar-refractivity contribution is 7.18. The molecule has 3 aromatic rings. The van der Waals surface area contributed by atoms with Gasteiger partial charge in [0, 0.05) is 52.8 Å². The van der Waals surface area contributed by atoms with Crippen LogP contribution in [0.3, 0.4) is 0 Å². The van der Waals surface area contributed by atoms with Gasteiger partial charge in [0.25, 0.3) is 0 Å². The summed E-state index contributed by atoms with van der Waals surface area (Å²) in [6, 6.07) is 2.49. The lowest BCUT2D eigenvalue weighted by molar-refractivity contribution is -0.116. The van der Waals surface area contributed by atoms with Gasteiger partial charge >= 0.3 is 0 Å². The molecule has 1 amide bonds. The lowest BCUT2D eigenvalue weighted by atomic mass is 9.95. The molecule has 0 saturated carbocycles. The van der Waals surface area contributed by atoms with E-state index >= 15 is 0 Å². The molecule has 30 heavy (non-hydrogen) atoms. The van der Waals surface area contributed by atoms with Gasteiger partial charge in [0.15, 0.2) is 0 Å². The number of rotatable bonds is 7. The minimum absolute atomic E-state index is 0.0580. The van der Waals surface area contributed by atoms with Gasteiger partial charge in [0.1, 0.15) is 10.0 Å². The fourth-order valence-corrected chi connectivity index (χ4v) is 6.04. The van der Waals surface area contributed by atoms with Crippen molar-refractivity contribution in [1.82, 2.24) is 15.3 Å². The molecule has 0 unspecified atom stereocenters. The van der Waals surface area contributed by atoms with Gasteiger partial charge in [0.05, 0.1) is 5.69 Å². The Morgan fingerprint density at radius 2 is 2.07 bits per heavy atom. The molecule has 0 atom stereocenters. The molecule has 0 fully saturated rings. The minimum Gasteiger partial charge on any atom is -0.317 e. The summed E-state index contributed by atoms with van der Waals surface area (Å²) < 4.78 is 0. The maximum atomic E-state index is 12.6. The molecular formula is C23H28N4OS2. The molecule has 158 valence electrons. The quantitative estimate of drug-likeness (QED) is 0.513. The average Bonchev–Trinajstić information content (AvgIpc) is 3.31. The van der Waals surface area contributed by atoms with E-state index in [0.717, 1.165) is 45.2 Å². The highest BCUT2D eigenvalue weighted by Crippen LogP contribution is 2.45. The summed E-state index contributed by atoms with van der Waals surface area (Å²) in [6.45, 7) is 6.91. The third kappa shape index (κ3) is 4.79. The third-order valence-corrected chi connectivity index (χ3v) is 7.28. The molecule has 0 spiro atoms. The number of carbonyl (C=O) groups excluding carboxylic acids is 1. The van der Waals surface area contributed by atoms with Crippen molar-refractivity contribution < 1.29 is 4.79 Å². The molecular weight excluding hydrogens is 412 g/mol. The van der Waals surface area contributed by atoms with Crippen molar-refractivity contribution in [1.29, 1.82) is 0 Å². The Labute approximate surface area is 186 Å². The molecule has 3 heterocycles. The normalized spacial score (nSPS) is 13.5. The van der Waals surface area contributed by atoms with Gasteiger partial charge in [0.2, 0.25) is 5.91 Å². The van der Waals surface area contributed by atoms with E-state index in [1.54, 1.807) is 22.7 Å². The van der Waals surface area contributed by atoms with Crippen molar-refractivity contribution in [3.63, 3.8) is 0 Å². The van der Waals surface area contributed by atoms with Crippen molar-refractivity contribution in [3.8, 4) is 21.8 Å². The molecule has 4 rings (SSSR count). The van der Waals surface area contributed by atoms with Gasteiger partial charge in [-0.1, -0.05) is 13.8 Å². The van der Waals surface area contributed by atoms with E-state index in [-0.39, 0.29) is 5.91 Å². The first kappa shape index (κ1) is 21.2. The smallest absolute Gasteiger partial charge is 0.226 e. The van der Waals surface area contributed by atoms with E-state index in [0.29, 0.717) is 19.0 Å². The molecule has 0 radical (unpaired) electrons. The number of hydrogen-bond donors (Lipinski definition) is 2. The second-order valence-corrected chi connectivity index (χ2v) is 10.1. The fraction of sp³-hybridized carbons (Fsp3) is 0.435. The van der Waals surface area contributed by atoms with E-state index < -0.39 is 0 Å². The fourth-order valence-electron chi connectivity index (χ4n) is 3.76. The van der Waals surface area contributed by atoms with Crippen LogP contribution in [-0.2, 0) is 17.6 Å². The number of fused-ring (bicyclic) bond motifs is 1. The Kier molecular flexibility index (Phi) is 6.61. The van der Waals surface area contributed by atoms with Gasteiger partial charge in [-0.15, -0.1) is 22.7 Å². The van der Waals surface area contributed by atoms with Gasteiger partial charge < -0.3 is 10.6 Å². The predicted octanol–water partition coefficient (Wildman–Crippen LogP) is 5.45. The Bertz CT molecular complexity index is 1040. The first-order valence-corrected chi connectivity index (χ1v) is 12.3. The van der Waals surface area contributed by atoms with Crippen LogP contribution in [0.1, 0.15) is 49.1 Å². The molecule has 2 N–H and O–H groups in total. The van der Waals surface area contributed by atoms with Crippen molar-refractivity contribution >= 4 is 33.6 Å². The SMILES string of the molecule is Cc1cncc(-c2csc(-c3c(NC(=O)CCNC(C)C)sc4c3CCCC4)n2)c1. The minimum atomic E-state index is 0.0580. The van der Waals surface area contributed by atoms with Crippen LogP contribution in [0.25, 0.3) is 21.8 Å². The number of aromatic nitrogens is 2. The van der Waals surface area contributed by atoms with E-state index in [1.165, 1.54) is 23.3 Å². The first-order valence-electron chi connectivity index (χ1n) is 10.6. The zero-order chi connectivity index (χ0) is 21.1. The maximum Gasteiger partial charge on any atom is 0.226 e. The summed E-state index contributed by atoms with van der Waals surface area (Å²) in [5, 5.41) is 10.5. The highest BCUT2D eigenvalue weighted by atomic mass is 32.1. The molecule has 0 bridgehead atoms. The zero-order valence-corrected chi connectivity index (χ0v) is 19.4. The van der Waals surface area contributed by atoms with Crippen LogP contribution < -0.4 is 10.6 Å². The van der Waals surface area contributed by atoms with Crippen molar-refractivity contribution in [2.75, 3.05) is 11.9 Å². The molecule has 0 saturated heterocycles. The number of nitrogens with zero attached hydrogens (tertiary/aromatic N) is 2. The zero-order valence-electron chi connectivity index (χ0n) is 17.7. The topological polar surface area (TPSA) is 66.9 Å². The number of amides is 1. The van der Waals surface area contributed by atoms with Crippen molar-refractivity contribution in [3.05, 3.63) is 39.8 Å². The Balaban J connectivity index is 1.62. The predicted molar refractivity (Wildman–Crippen MR) is 126 cm³/mol. The first-order chi connectivity index (χ1) is 14.5. The summed E-state index contributed by atoms with van der Waals surface area (Å²) in [5.41, 5.74) is 5.62. The number of anilines is 1. The summed E-state index contributed by atoms with van der Waals surface area (Å²) in [6.07, 6.45) is 8.76. The van der Waals surface area contributed by atoms with Crippen LogP contribution >= 0.6 is 22.7 Å². The molecule has 0 aromatic carbocycles. The average molecular weight is 441 g/mol. The summed E-state index contributed by atoms with van der Waals surface area (Å²) >= 11 is 3.38. The van der Waals surface area contributed by atoms with Crippen molar-refractivity contribution in [2.24, 2.45) is 0 Å². The Hall–Kier alpha value is -2.09. The summed E-state index contributed by atoms with van der Waals surface area (Å²) in [4.78, 5) is 23.2. The lowest BCUT2D eigenvalue weighted by Crippen LogP contribution is -2.27. The van der Waals surface area contributed by atoms with Crippen LogP contribution in [0, 0.1) is 6.92 Å². The molecule has 0 aliphatic heterocycles. The number of aryl methyl sites for hydroxylation is 2. The number of thiazole rings is 1. The van der Waals surface area contributed by atoms with Crippen LogP contribution in [0.5, 0.6) is 0 Å². The van der Waals surface area contributed by atoms with Crippen LogP contribution in [0.2, 0.25) is 0 Å². The second kappa shape index (κ2) is 9.37. The number of thiophene rings is 1. The molecule has 1 aliphatic rings. The highest BCUT2D eigenvalue weighted by Gasteiger charge is 2.25. The van der Waals surface area contributed by atoms with Crippen LogP contribution in [0.4, 0.5) is 5.00 Å². The van der Waals surface area contributed by atoms with E-state index in [2.05, 4.69) is 40.9 Å². The molecule has 3 aromatic heterocycles. The third-order valence-electron chi connectivity index (χ3n) is 5.22. The number of pyridine rings is 1. The maximum absolute atomic E-state index is 12.6. The molecule has 1 aliphatic carbocycles. The lowest BCUT2D eigenvalue weighted by Gasteiger charge is -2.12. The van der Waals surface area contributed by atoms with Crippen LogP contribution in [-0.4, -0.2) is 28.5 Å². The number of nitrogens with one attached hydrogen (secondary N) is 2. The van der Waals surface area contributed by atoms with E-state index in [9.17, 15) is 4.79 Å².